The highest BCUT2D eigenvalue weighted by atomic mass is 16.5. The Morgan fingerprint density at radius 1 is 1.13 bits per heavy atom. The number of imidazole rings is 1. The molecule has 6 nitrogen and oxygen atoms in total. The molecule has 0 aliphatic rings. The molecule has 0 unspecified atom stereocenters. The number of rotatable bonds is 8. The van der Waals surface area contributed by atoms with E-state index in [-0.39, 0.29) is 25.8 Å². The Morgan fingerprint density at radius 2 is 1.77 bits per heavy atom. The number of anilines is 1. The van der Waals surface area contributed by atoms with Crippen molar-refractivity contribution in [2.75, 3.05) is 18.7 Å². The fraction of sp³-hybridized carbons (Fsp3) is 0.417. The summed E-state index contributed by atoms with van der Waals surface area (Å²) in [6.07, 6.45) is 1.65. The lowest BCUT2D eigenvalue weighted by molar-refractivity contribution is -0.120. The van der Waals surface area contributed by atoms with Crippen LogP contribution in [0.2, 0.25) is 0 Å². The maximum Gasteiger partial charge on any atom is 0.248 e. The maximum absolute atomic E-state index is 13.5. The number of benzene rings is 2. The van der Waals surface area contributed by atoms with E-state index in [9.17, 15) is 9.90 Å². The van der Waals surface area contributed by atoms with Gasteiger partial charge in [0, 0.05) is 7.11 Å². The fourth-order valence-electron chi connectivity index (χ4n) is 3.90. The summed E-state index contributed by atoms with van der Waals surface area (Å²) in [7, 11) is 1.60. The highest BCUT2D eigenvalue weighted by molar-refractivity contribution is 5.95. The van der Waals surface area contributed by atoms with Gasteiger partial charge in [0.05, 0.1) is 16.7 Å². The van der Waals surface area contributed by atoms with Crippen molar-refractivity contribution < 1.29 is 14.6 Å². The summed E-state index contributed by atoms with van der Waals surface area (Å²) in [6.45, 7) is 8.27. The molecular weight excluding hydrogens is 378 g/mol. The van der Waals surface area contributed by atoms with Crippen LogP contribution in [0.1, 0.15) is 41.9 Å². The van der Waals surface area contributed by atoms with E-state index in [0.29, 0.717) is 5.82 Å². The van der Waals surface area contributed by atoms with Gasteiger partial charge in [0.25, 0.3) is 0 Å². The first-order chi connectivity index (χ1) is 14.4. The topological polar surface area (TPSA) is 67.6 Å². The molecule has 0 atom stereocenters. The van der Waals surface area contributed by atoms with Crippen LogP contribution in [-0.2, 0) is 35.5 Å². The number of methoxy groups -OCH3 is 1. The number of hydrogen-bond donors (Lipinski definition) is 1. The van der Waals surface area contributed by atoms with E-state index < -0.39 is 0 Å². The molecule has 3 aromatic rings. The molecule has 1 aromatic heterocycles. The van der Waals surface area contributed by atoms with E-state index in [0.717, 1.165) is 51.8 Å². The summed E-state index contributed by atoms with van der Waals surface area (Å²) in [4.78, 5) is 19.8. The van der Waals surface area contributed by atoms with Crippen molar-refractivity contribution in [2.24, 2.45) is 0 Å². The minimum absolute atomic E-state index is 0.0828. The van der Waals surface area contributed by atoms with Crippen LogP contribution >= 0.6 is 0 Å². The Bertz CT molecular complexity index is 1030. The van der Waals surface area contributed by atoms with Crippen molar-refractivity contribution in [1.29, 1.82) is 0 Å². The largest absolute Gasteiger partial charge is 0.388 e. The van der Waals surface area contributed by atoms with Crippen LogP contribution in [0.15, 0.2) is 30.3 Å². The lowest BCUT2D eigenvalue weighted by Gasteiger charge is -2.27. The average Bonchev–Trinajstić information content (AvgIpc) is 3.07. The number of carbonyl (C=O) groups is 1. The minimum atomic E-state index is -0.226. The molecule has 0 bridgehead atoms. The zero-order valence-electron chi connectivity index (χ0n) is 18.5. The standard InChI is InChI=1S/C24H31N3O3/c1-6-18-9-8-10-19(7-2)24(18)27(15-30-5)23(29)13-26-21-12-17(4)16(3)11-20(21)25-22(26)14-28/h8-12,28H,6-7,13-15H2,1-5H3. The number of fused-ring (bicyclic) bond motifs is 1. The van der Waals surface area contributed by atoms with Gasteiger partial charge in [-0.1, -0.05) is 32.0 Å². The molecule has 0 radical (unpaired) electrons. The number of aliphatic hydroxyl groups is 1. The third-order valence-corrected chi connectivity index (χ3v) is 5.67. The number of carbonyl (C=O) groups excluding carboxylic acids is 1. The molecule has 0 saturated carbocycles. The van der Waals surface area contributed by atoms with Crippen molar-refractivity contribution in [3.63, 3.8) is 0 Å². The number of aromatic nitrogens is 2. The monoisotopic (exact) mass is 409 g/mol. The molecule has 2 aromatic carbocycles. The third-order valence-electron chi connectivity index (χ3n) is 5.67. The SMILES string of the molecule is CCc1cccc(CC)c1N(COC)C(=O)Cn1c(CO)nc2cc(C)c(C)cc21. The van der Waals surface area contributed by atoms with E-state index in [2.05, 4.69) is 31.0 Å². The summed E-state index contributed by atoms with van der Waals surface area (Å²) in [5.74, 6) is 0.389. The molecule has 1 N–H and O–H groups in total. The van der Waals surface area contributed by atoms with Crippen LogP contribution < -0.4 is 4.90 Å². The van der Waals surface area contributed by atoms with Gasteiger partial charge in [-0.05, 0) is 61.1 Å². The fourth-order valence-corrected chi connectivity index (χ4v) is 3.90. The van der Waals surface area contributed by atoms with Gasteiger partial charge in [-0.3, -0.25) is 9.69 Å². The van der Waals surface area contributed by atoms with Crippen molar-refractivity contribution in [1.82, 2.24) is 9.55 Å². The molecule has 0 fully saturated rings. The van der Waals surface area contributed by atoms with E-state index in [1.165, 1.54) is 0 Å². The summed E-state index contributed by atoms with van der Waals surface area (Å²) in [5.41, 5.74) is 7.06. The number of nitrogens with zero attached hydrogens (tertiary/aromatic N) is 3. The van der Waals surface area contributed by atoms with Gasteiger partial charge in [0.1, 0.15) is 25.7 Å². The predicted molar refractivity (Wildman–Crippen MR) is 120 cm³/mol. The molecule has 6 heteroatoms. The Morgan fingerprint density at radius 3 is 2.33 bits per heavy atom. The number of aryl methyl sites for hydroxylation is 4. The maximum atomic E-state index is 13.5. The molecule has 0 aliphatic carbocycles. The Balaban J connectivity index is 2.06. The van der Waals surface area contributed by atoms with Gasteiger partial charge >= 0.3 is 0 Å². The van der Waals surface area contributed by atoms with E-state index >= 15 is 0 Å². The van der Waals surface area contributed by atoms with Crippen molar-refractivity contribution >= 4 is 22.6 Å². The Labute approximate surface area is 178 Å². The van der Waals surface area contributed by atoms with E-state index in [4.69, 9.17) is 4.74 Å². The zero-order chi connectivity index (χ0) is 21.8. The lowest BCUT2D eigenvalue weighted by Crippen LogP contribution is -2.37. The molecule has 160 valence electrons. The van der Waals surface area contributed by atoms with Gasteiger partial charge in [-0.15, -0.1) is 0 Å². The average molecular weight is 410 g/mol. The van der Waals surface area contributed by atoms with Crippen LogP contribution in [0.25, 0.3) is 11.0 Å². The minimum Gasteiger partial charge on any atom is -0.388 e. The predicted octanol–water partition coefficient (Wildman–Crippen LogP) is 3.91. The molecule has 3 rings (SSSR count). The summed E-state index contributed by atoms with van der Waals surface area (Å²) in [6, 6.07) is 10.2. The van der Waals surface area contributed by atoms with Crippen LogP contribution in [0.4, 0.5) is 5.69 Å². The highest BCUT2D eigenvalue weighted by Crippen LogP contribution is 2.28. The summed E-state index contributed by atoms with van der Waals surface area (Å²) in [5, 5.41) is 9.86. The highest BCUT2D eigenvalue weighted by Gasteiger charge is 2.23. The van der Waals surface area contributed by atoms with E-state index in [1.807, 2.05) is 36.6 Å². The van der Waals surface area contributed by atoms with Crippen molar-refractivity contribution in [2.45, 2.75) is 53.7 Å². The van der Waals surface area contributed by atoms with Crippen LogP contribution in [0.3, 0.4) is 0 Å². The molecule has 1 heterocycles. The number of ether oxygens (including phenoxy) is 1. The van der Waals surface area contributed by atoms with Gasteiger partial charge in [0.2, 0.25) is 5.91 Å². The first-order valence-electron chi connectivity index (χ1n) is 10.4. The second-order valence-electron chi connectivity index (χ2n) is 7.57. The lowest BCUT2D eigenvalue weighted by atomic mass is 10.0. The molecule has 0 aliphatic heterocycles. The number of aliphatic hydroxyl groups excluding tert-OH is 1. The Kier molecular flexibility index (Phi) is 6.90. The number of amides is 1. The molecular formula is C24H31N3O3. The summed E-state index contributed by atoms with van der Waals surface area (Å²) < 4.78 is 7.22. The first kappa shape index (κ1) is 22.0. The van der Waals surface area contributed by atoms with Crippen LogP contribution in [0.5, 0.6) is 0 Å². The van der Waals surface area contributed by atoms with Crippen molar-refractivity contribution in [3.8, 4) is 0 Å². The van der Waals surface area contributed by atoms with Gasteiger partial charge < -0.3 is 14.4 Å². The zero-order valence-corrected chi connectivity index (χ0v) is 18.5. The summed E-state index contributed by atoms with van der Waals surface area (Å²) >= 11 is 0. The smallest absolute Gasteiger partial charge is 0.248 e. The van der Waals surface area contributed by atoms with Crippen LogP contribution in [0, 0.1) is 13.8 Å². The quantitative estimate of drug-likeness (QED) is 0.573. The second kappa shape index (κ2) is 9.41. The normalized spacial score (nSPS) is 11.3. The molecule has 1 amide bonds. The first-order valence-corrected chi connectivity index (χ1v) is 10.4. The van der Waals surface area contributed by atoms with Crippen molar-refractivity contribution in [3.05, 3.63) is 58.4 Å². The van der Waals surface area contributed by atoms with Gasteiger partial charge in [0.15, 0.2) is 0 Å². The molecule has 30 heavy (non-hydrogen) atoms. The van der Waals surface area contributed by atoms with E-state index in [1.54, 1.807) is 12.0 Å². The number of para-hydroxylation sites is 1. The van der Waals surface area contributed by atoms with Crippen LogP contribution in [-0.4, -0.2) is 34.4 Å². The Hall–Kier alpha value is -2.70. The molecule has 0 saturated heterocycles. The second-order valence-corrected chi connectivity index (χ2v) is 7.57. The third kappa shape index (κ3) is 4.11. The molecule has 0 spiro atoms. The number of hydrogen-bond acceptors (Lipinski definition) is 4. The van der Waals surface area contributed by atoms with Gasteiger partial charge in [-0.25, -0.2) is 4.98 Å². The van der Waals surface area contributed by atoms with Gasteiger partial charge in [-0.2, -0.15) is 0 Å².